The molecule has 8 heteroatoms. The minimum Gasteiger partial charge on any atom is -0.497 e. The Morgan fingerprint density at radius 1 is 1.09 bits per heavy atom. The van der Waals surface area contributed by atoms with Gasteiger partial charge in [0.15, 0.2) is 18.1 Å². The van der Waals surface area contributed by atoms with E-state index in [1.165, 1.54) is 12.2 Å². The van der Waals surface area contributed by atoms with Crippen molar-refractivity contribution in [2.24, 2.45) is 0 Å². The Morgan fingerprint density at radius 2 is 1.87 bits per heavy atom. The van der Waals surface area contributed by atoms with Crippen molar-refractivity contribution in [3.63, 3.8) is 0 Å². The molecule has 2 bridgehead atoms. The Hall–Kier alpha value is -4.27. The highest BCUT2D eigenvalue weighted by Gasteiger charge is 2.29. The first kappa shape index (κ1) is 35.2. The fourth-order valence-electron chi connectivity index (χ4n) is 5.00. The summed E-state index contributed by atoms with van der Waals surface area (Å²) in [5, 5.41) is 2.87. The molecule has 240 valence electrons. The lowest BCUT2D eigenvalue weighted by molar-refractivity contribution is -0.157. The number of nitrogens with one attached hydrogen (secondary N) is 1. The number of esters is 1. The molecule has 0 saturated carbocycles. The van der Waals surface area contributed by atoms with Crippen molar-refractivity contribution in [1.29, 1.82) is 0 Å². The Kier molecular flexibility index (Phi) is 14.5. The van der Waals surface area contributed by atoms with Gasteiger partial charge in [0.1, 0.15) is 5.75 Å². The number of ether oxygens (including phenoxy) is 4. The fourth-order valence-corrected chi connectivity index (χ4v) is 5.00. The summed E-state index contributed by atoms with van der Waals surface area (Å²) in [4.78, 5) is 38.4. The minimum absolute atomic E-state index is 0.0288. The summed E-state index contributed by atoms with van der Waals surface area (Å²) >= 11 is 0. The number of carbonyl (C=O) groups excluding carboxylic acids is 3. The van der Waals surface area contributed by atoms with Crippen LogP contribution in [0.2, 0.25) is 0 Å². The average Bonchev–Trinajstić information content (AvgIpc) is 2.98. The van der Waals surface area contributed by atoms with Gasteiger partial charge in [-0.25, -0.2) is 4.79 Å². The third kappa shape index (κ3) is 13.1. The summed E-state index contributed by atoms with van der Waals surface area (Å²) in [5.74, 6) is -0.323. The van der Waals surface area contributed by atoms with Crippen molar-refractivity contribution in [3.8, 4) is 5.75 Å². The Bertz CT molecular complexity index is 1360. The van der Waals surface area contributed by atoms with Gasteiger partial charge >= 0.3 is 5.97 Å². The van der Waals surface area contributed by atoms with Crippen LogP contribution in [0.25, 0.3) is 0 Å². The second kappa shape index (κ2) is 18.5. The lowest BCUT2D eigenvalue weighted by Gasteiger charge is -2.31. The molecule has 8 nitrogen and oxygen atoms in total. The van der Waals surface area contributed by atoms with Crippen LogP contribution in [0.3, 0.4) is 0 Å². The third-order valence-electron chi connectivity index (χ3n) is 7.17. The molecule has 45 heavy (non-hydrogen) atoms. The maximum atomic E-state index is 13.0. The van der Waals surface area contributed by atoms with Gasteiger partial charge in [0.05, 0.1) is 25.9 Å². The quantitative estimate of drug-likeness (QED) is 0.116. The van der Waals surface area contributed by atoms with Gasteiger partial charge in [-0.05, 0) is 63.8 Å². The van der Waals surface area contributed by atoms with Gasteiger partial charge in [-0.3, -0.25) is 9.59 Å². The Balaban J connectivity index is 1.94. The highest BCUT2D eigenvalue weighted by Crippen LogP contribution is 2.28. The summed E-state index contributed by atoms with van der Waals surface area (Å²) in [6.45, 7) is 9.97. The summed E-state index contributed by atoms with van der Waals surface area (Å²) in [6.07, 6.45) is 16.9. The molecule has 0 unspecified atom stereocenters. The van der Waals surface area contributed by atoms with Crippen LogP contribution in [0.15, 0.2) is 108 Å². The summed E-state index contributed by atoms with van der Waals surface area (Å²) in [5.41, 5.74) is 3.62. The van der Waals surface area contributed by atoms with Crippen molar-refractivity contribution in [1.82, 2.24) is 5.32 Å². The molecule has 1 amide bonds. The van der Waals surface area contributed by atoms with E-state index in [9.17, 15) is 14.4 Å². The first-order valence-corrected chi connectivity index (χ1v) is 15.2. The molecular weight excluding hydrogens is 570 g/mol. The fraction of sp³-hybridized carbons (Fsp3) is 0.378. The summed E-state index contributed by atoms with van der Waals surface area (Å²) in [7, 11) is 1.60. The first-order valence-electron chi connectivity index (χ1n) is 15.2. The average molecular weight is 616 g/mol. The number of carbonyl (C=O) groups is 3. The molecule has 0 spiro atoms. The maximum absolute atomic E-state index is 13.0. The monoisotopic (exact) mass is 615 g/mol. The summed E-state index contributed by atoms with van der Waals surface area (Å²) < 4.78 is 23.7. The predicted molar refractivity (Wildman–Crippen MR) is 175 cm³/mol. The molecule has 0 aromatic heterocycles. The minimum atomic E-state index is -0.976. The van der Waals surface area contributed by atoms with E-state index in [4.69, 9.17) is 18.9 Å². The van der Waals surface area contributed by atoms with Crippen LogP contribution in [0.5, 0.6) is 5.75 Å². The van der Waals surface area contributed by atoms with Crippen LogP contribution in [-0.2, 0) is 35.2 Å². The lowest BCUT2D eigenvalue weighted by atomic mass is 9.95. The van der Waals surface area contributed by atoms with Gasteiger partial charge in [-0.1, -0.05) is 78.0 Å². The molecule has 1 aromatic carbocycles. The van der Waals surface area contributed by atoms with Crippen molar-refractivity contribution in [2.75, 3.05) is 7.11 Å². The van der Waals surface area contributed by atoms with Gasteiger partial charge in [0.25, 0.3) is 0 Å². The van der Waals surface area contributed by atoms with Gasteiger partial charge < -0.3 is 24.3 Å². The van der Waals surface area contributed by atoms with E-state index < -0.39 is 24.2 Å². The lowest BCUT2D eigenvalue weighted by Crippen LogP contribution is -2.46. The van der Waals surface area contributed by atoms with E-state index in [0.29, 0.717) is 18.6 Å². The van der Waals surface area contributed by atoms with Crippen LogP contribution in [0.4, 0.5) is 0 Å². The Labute approximate surface area is 266 Å². The normalized spacial score (nSPS) is 26.5. The number of fused-ring (bicyclic) bond motifs is 2. The number of methoxy groups -OCH3 is 1. The van der Waals surface area contributed by atoms with E-state index in [2.05, 4.69) is 11.9 Å². The van der Waals surface area contributed by atoms with Crippen LogP contribution < -0.4 is 10.1 Å². The van der Waals surface area contributed by atoms with Crippen LogP contribution in [0.1, 0.15) is 58.4 Å². The van der Waals surface area contributed by atoms with Crippen LogP contribution in [0, 0.1) is 0 Å². The number of hydrogen-bond acceptors (Lipinski definition) is 7. The van der Waals surface area contributed by atoms with E-state index in [-0.39, 0.29) is 37.4 Å². The number of cyclic esters (lactones) is 1. The van der Waals surface area contributed by atoms with Crippen LogP contribution >= 0.6 is 0 Å². The topological polar surface area (TPSA) is 100 Å². The molecular formula is C37H45NO7. The molecule has 2 aliphatic rings. The van der Waals surface area contributed by atoms with E-state index in [0.717, 1.165) is 28.7 Å². The van der Waals surface area contributed by atoms with E-state index in [1.54, 1.807) is 37.5 Å². The predicted octanol–water partition coefficient (Wildman–Crippen LogP) is 6.56. The number of rotatable bonds is 8. The molecule has 2 heterocycles. The van der Waals surface area contributed by atoms with Crippen molar-refractivity contribution in [3.05, 3.63) is 114 Å². The molecule has 1 fully saturated rings. The van der Waals surface area contributed by atoms with Crippen molar-refractivity contribution >= 4 is 17.7 Å². The maximum Gasteiger partial charge on any atom is 0.331 e. The highest BCUT2D eigenvalue weighted by molar-refractivity contribution is 5.91. The zero-order valence-electron chi connectivity index (χ0n) is 26.7. The Morgan fingerprint density at radius 3 is 2.60 bits per heavy atom. The number of ketones is 1. The summed E-state index contributed by atoms with van der Waals surface area (Å²) in [6, 6.07) is 7.38. The zero-order chi connectivity index (χ0) is 32.6. The van der Waals surface area contributed by atoms with Gasteiger partial charge in [0, 0.05) is 25.0 Å². The molecule has 0 aliphatic carbocycles. The molecule has 4 atom stereocenters. The molecule has 1 saturated heterocycles. The number of benzene rings is 1. The molecule has 1 N–H and O–H groups in total. The molecule has 1 aromatic rings. The van der Waals surface area contributed by atoms with Gasteiger partial charge in [-0.2, -0.15) is 0 Å². The second-order valence-electron chi connectivity index (χ2n) is 11.3. The number of hydrogen-bond donors (Lipinski definition) is 1. The smallest absolute Gasteiger partial charge is 0.331 e. The van der Waals surface area contributed by atoms with Crippen molar-refractivity contribution < 1.29 is 33.3 Å². The largest absolute Gasteiger partial charge is 0.497 e. The van der Waals surface area contributed by atoms with Crippen LogP contribution in [-0.4, -0.2) is 49.3 Å². The number of allylic oxidation sites excluding steroid dienone is 7. The standard InChI is InChI=1S/C37H45NO7/c1-6-7-8-14-35(40)38-37(43-25-29-16-18-31(42-5)19-17-29)34-24-28(4)23-33-22-27(3)21-32(44-33)13-10-12-30(39)20-26(2)11-9-15-36(41)45-34/h6-12,14-19,23,32-34,37H,3,13,20-22,24-25H2,1-2,4-5H3,(H,38,40)/b7-6+,12-10+,14-8-,15-9+,26-11-,28-23+/t32-,33-,34-,37-/m1/s1. The van der Waals surface area contributed by atoms with Crippen molar-refractivity contribution in [2.45, 2.75) is 84.0 Å². The van der Waals surface area contributed by atoms with E-state index in [1.807, 2.05) is 63.3 Å². The van der Waals surface area contributed by atoms with Gasteiger partial charge in [-0.15, -0.1) is 0 Å². The van der Waals surface area contributed by atoms with E-state index >= 15 is 0 Å². The third-order valence-corrected chi connectivity index (χ3v) is 7.17. The SMILES string of the molecule is C=C1C[C@H]2C/C=C/C(=O)C/C(C)=C\C=C\C(=O)O[C@@H]([C@H](NC(=O)/C=C\C=C\C)OCc3ccc(OC)cc3)C/C(C)=C/[C@@H](C1)O2. The number of amides is 1. The molecule has 3 rings (SSSR count). The zero-order valence-corrected chi connectivity index (χ0v) is 26.7. The molecule has 2 aliphatic heterocycles. The highest BCUT2D eigenvalue weighted by atomic mass is 16.6. The first-order chi connectivity index (χ1) is 21.6. The second-order valence-corrected chi connectivity index (χ2v) is 11.3. The molecule has 0 radical (unpaired) electrons. The van der Waals surface area contributed by atoms with Gasteiger partial charge in [0.2, 0.25) is 5.91 Å².